The van der Waals surface area contributed by atoms with Crippen molar-refractivity contribution >= 4 is 17.5 Å². The molecule has 5 nitrogen and oxygen atoms in total. The molecule has 0 bridgehead atoms. The molecule has 1 aromatic rings. The van der Waals surface area contributed by atoms with E-state index in [-0.39, 0.29) is 5.91 Å². The number of rotatable bonds is 2. The van der Waals surface area contributed by atoms with Gasteiger partial charge in [0.2, 0.25) is 0 Å². The SMILES string of the molecule is CCc1ncc(Cl)c(C(=O)N2CCNCC2)n1. The summed E-state index contributed by atoms with van der Waals surface area (Å²) in [6.45, 7) is 4.97. The maximum absolute atomic E-state index is 12.2. The Bertz CT molecular complexity index is 418. The van der Waals surface area contributed by atoms with Crippen LogP contribution in [0.25, 0.3) is 0 Å². The Morgan fingerprint density at radius 1 is 1.53 bits per heavy atom. The Balaban J connectivity index is 2.22. The Labute approximate surface area is 105 Å². The predicted octanol–water partition coefficient (Wildman–Crippen LogP) is 0.738. The van der Waals surface area contributed by atoms with E-state index in [0.717, 1.165) is 13.1 Å². The van der Waals surface area contributed by atoms with Gasteiger partial charge in [-0.25, -0.2) is 9.97 Å². The summed E-state index contributed by atoms with van der Waals surface area (Å²) in [4.78, 5) is 22.3. The molecule has 0 aliphatic carbocycles. The van der Waals surface area contributed by atoms with Crippen LogP contribution in [-0.2, 0) is 6.42 Å². The molecular formula is C11H15ClN4O. The fraction of sp³-hybridized carbons (Fsp3) is 0.545. The molecule has 0 saturated carbocycles. The van der Waals surface area contributed by atoms with Crippen LogP contribution in [-0.4, -0.2) is 47.0 Å². The summed E-state index contributed by atoms with van der Waals surface area (Å²) in [6, 6.07) is 0. The maximum Gasteiger partial charge on any atom is 0.274 e. The van der Waals surface area contributed by atoms with Crippen LogP contribution >= 0.6 is 11.6 Å². The van der Waals surface area contributed by atoms with Crippen LogP contribution in [0, 0.1) is 0 Å². The zero-order chi connectivity index (χ0) is 12.3. The molecule has 0 atom stereocenters. The second-order valence-corrected chi connectivity index (χ2v) is 4.29. The first-order chi connectivity index (χ1) is 8.22. The topological polar surface area (TPSA) is 58.1 Å². The Morgan fingerprint density at radius 2 is 2.24 bits per heavy atom. The molecule has 1 aliphatic heterocycles. The molecule has 0 aromatic carbocycles. The second kappa shape index (κ2) is 5.42. The highest BCUT2D eigenvalue weighted by Gasteiger charge is 2.22. The lowest BCUT2D eigenvalue weighted by Gasteiger charge is -2.27. The van der Waals surface area contributed by atoms with Gasteiger partial charge in [0.1, 0.15) is 5.82 Å². The molecule has 0 radical (unpaired) electrons. The Hall–Kier alpha value is -1.20. The number of hydrogen-bond donors (Lipinski definition) is 1. The van der Waals surface area contributed by atoms with Gasteiger partial charge in [0.25, 0.3) is 5.91 Å². The molecule has 0 spiro atoms. The molecule has 2 heterocycles. The van der Waals surface area contributed by atoms with E-state index in [1.165, 1.54) is 6.20 Å². The first kappa shape index (κ1) is 12.3. The highest BCUT2D eigenvalue weighted by molar-refractivity contribution is 6.33. The van der Waals surface area contributed by atoms with Crippen LogP contribution in [0.5, 0.6) is 0 Å². The monoisotopic (exact) mass is 254 g/mol. The van der Waals surface area contributed by atoms with E-state index in [0.29, 0.717) is 36.1 Å². The lowest BCUT2D eigenvalue weighted by atomic mass is 10.3. The van der Waals surface area contributed by atoms with Crippen molar-refractivity contribution in [1.82, 2.24) is 20.2 Å². The van der Waals surface area contributed by atoms with Gasteiger partial charge in [-0.2, -0.15) is 0 Å². The molecule has 6 heteroatoms. The maximum atomic E-state index is 12.2. The average molecular weight is 255 g/mol. The van der Waals surface area contributed by atoms with Crippen molar-refractivity contribution in [1.29, 1.82) is 0 Å². The number of halogens is 1. The summed E-state index contributed by atoms with van der Waals surface area (Å²) < 4.78 is 0. The second-order valence-electron chi connectivity index (χ2n) is 3.88. The fourth-order valence-corrected chi connectivity index (χ4v) is 1.91. The number of nitrogens with zero attached hydrogens (tertiary/aromatic N) is 3. The minimum Gasteiger partial charge on any atom is -0.335 e. The summed E-state index contributed by atoms with van der Waals surface area (Å²) in [6.07, 6.45) is 2.20. The number of aromatic nitrogens is 2. The number of aryl methyl sites for hydroxylation is 1. The standard InChI is InChI=1S/C11H15ClN4O/c1-2-9-14-7-8(12)10(15-9)11(17)16-5-3-13-4-6-16/h7,13H,2-6H2,1H3. The van der Waals surface area contributed by atoms with Crippen molar-refractivity contribution < 1.29 is 4.79 Å². The number of hydrogen-bond acceptors (Lipinski definition) is 4. The summed E-state index contributed by atoms with van der Waals surface area (Å²) in [5.74, 6) is 0.543. The molecule has 1 aromatic heterocycles. The van der Waals surface area contributed by atoms with E-state index in [1.807, 2.05) is 6.92 Å². The average Bonchev–Trinajstić information content (AvgIpc) is 2.39. The van der Waals surface area contributed by atoms with Crippen molar-refractivity contribution in [2.75, 3.05) is 26.2 Å². The predicted molar refractivity (Wildman–Crippen MR) is 65.2 cm³/mol. The van der Waals surface area contributed by atoms with Crippen LogP contribution in [0.15, 0.2) is 6.20 Å². The zero-order valence-electron chi connectivity index (χ0n) is 9.74. The van der Waals surface area contributed by atoms with Gasteiger partial charge in [-0.1, -0.05) is 18.5 Å². The van der Waals surface area contributed by atoms with Crippen LogP contribution < -0.4 is 5.32 Å². The van der Waals surface area contributed by atoms with E-state index in [1.54, 1.807) is 4.90 Å². The lowest BCUT2D eigenvalue weighted by molar-refractivity contribution is 0.0729. The van der Waals surface area contributed by atoms with E-state index < -0.39 is 0 Å². The van der Waals surface area contributed by atoms with Crippen LogP contribution in [0.4, 0.5) is 0 Å². The molecule has 1 amide bonds. The lowest BCUT2D eigenvalue weighted by Crippen LogP contribution is -2.46. The molecule has 0 unspecified atom stereocenters. The van der Waals surface area contributed by atoms with Crippen molar-refractivity contribution in [3.63, 3.8) is 0 Å². The van der Waals surface area contributed by atoms with Crippen molar-refractivity contribution in [2.24, 2.45) is 0 Å². The van der Waals surface area contributed by atoms with Crippen molar-refractivity contribution in [2.45, 2.75) is 13.3 Å². The number of carbonyl (C=O) groups is 1. The number of carbonyl (C=O) groups excluding carboxylic acids is 1. The van der Waals surface area contributed by atoms with Gasteiger partial charge < -0.3 is 10.2 Å². The summed E-state index contributed by atoms with van der Waals surface area (Å²) in [7, 11) is 0. The zero-order valence-corrected chi connectivity index (χ0v) is 10.5. The van der Waals surface area contributed by atoms with Crippen LogP contribution in [0.3, 0.4) is 0 Å². The first-order valence-corrected chi connectivity index (χ1v) is 6.11. The van der Waals surface area contributed by atoms with Gasteiger partial charge in [0.05, 0.1) is 11.2 Å². The molecule has 1 aliphatic rings. The molecule has 1 saturated heterocycles. The Kier molecular flexibility index (Phi) is 3.91. The highest BCUT2D eigenvalue weighted by atomic mass is 35.5. The van der Waals surface area contributed by atoms with E-state index >= 15 is 0 Å². The fourth-order valence-electron chi connectivity index (χ4n) is 1.74. The summed E-state index contributed by atoms with van der Waals surface area (Å²) in [5, 5.41) is 3.52. The largest absolute Gasteiger partial charge is 0.335 e. The van der Waals surface area contributed by atoms with Crippen molar-refractivity contribution in [3.8, 4) is 0 Å². The Morgan fingerprint density at radius 3 is 2.88 bits per heavy atom. The third-order valence-corrected chi connectivity index (χ3v) is 2.99. The van der Waals surface area contributed by atoms with Gasteiger partial charge in [0, 0.05) is 32.6 Å². The highest BCUT2D eigenvalue weighted by Crippen LogP contribution is 2.15. The third-order valence-electron chi connectivity index (χ3n) is 2.72. The quantitative estimate of drug-likeness (QED) is 0.846. The molecule has 92 valence electrons. The number of piperazine rings is 1. The number of nitrogens with one attached hydrogen (secondary N) is 1. The minimum atomic E-state index is -0.103. The third kappa shape index (κ3) is 2.73. The minimum absolute atomic E-state index is 0.103. The normalized spacial score (nSPS) is 16.0. The van der Waals surface area contributed by atoms with Gasteiger partial charge in [0.15, 0.2) is 5.69 Å². The number of amides is 1. The van der Waals surface area contributed by atoms with Crippen LogP contribution in [0.2, 0.25) is 5.02 Å². The van der Waals surface area contributed by atoms with Crippen molar-refractivity contribution in [3.05, 3.63) is 22.7 Å². The molecular weight excluding hydrogens is 240 g/mol. The molecule has 1 fully saturated rings. The van der Waals surface area contributed by atoms with Gasteiger partial charge in [-0.15, -0.1) is 0 Å². The summed E-state index contributed by atoms with van der Waals surface area (Å²) in [5.41, 5.74) is 0.320. The van der Waals surface area contributed by atoms with Gasteiger partial charge >= 0.3 is 0 Å². The molecule has 2 rings (SSSR count). The first-order valence-electron chi connectivity index (χ1n) is 5.73. The molecule has 1 N–H and O–H groups in total. The van der Waals surface area contributed by atoms with E-state index in [2.05, 4.69) is 15.3 Å². The van der Waals surface area contributed by atoms with Gasteiger partial charge in [-0.3, -0.25) is 4.79 Å². The van der Waals surface area contributed by atoms with Crippen LogP contribution in [0.1, 0.15) is 23.2 Å². The van der Waals surface area contributed by atoms with E-state index in [4.69, 9.17) is 11.6 Å². The molecule has 17 heavy (non-hydrogen) atoms. The smallest absolute Gasteiger partial charge is 0.274 e. The van der Waals surface area contributed by atoms with E-state index in [9.17, 15) is 4.79 Å². The summed E-state index contributed by atoms with van der Waals surface area (Å²) >= 11 is 5.98. The van der Waals surface area contributed by atoms with Gasteiger partial charge in [-0.05, 0) is 0 Å².